The van der Waals surface area contributed by atoms with Gasteiger partial charge in [-0.3, -0.25) is 4.57 Å². The van der Waals surface area contributed by atoms with Gasteiger partial charge in [-0.15, -0.1) is 0 Å². The molecule has 1 aliphatic heterocycles. The lowest BCUT2D eigenvalue weighted by molar-refractivity contribution is -0.931. The number of benzene rings is 1. The molecule has 6 heteroatoms. The molecule has 1 aromatic carbocycles. The Morgan fingerprint density at radius 1 is 1.41 bits per heavy atom. The highest BCUT2D eigenvalue weighted by Gasteiger charge is 2.22. The van der Waals surface area contributed by atoms with Gasteiger partial charge in [0.15, 0.2) is 6.67 Å². The topological polar surface area (TPSA) is 47.4 Å². The molecule has 3 rings (SSSR count). The highest BCUT2D eigenvalue weighted by Crippen LogP contribution is 2.13. The third-order valence-corrected chi connectivity index (χ3v) is 4.62. The van der Waals surface area contributed by atoms with Crippen molar-refractivity contribution in [3.63, 3.8) is 0 Å². The summed E-state index contributed by atoms with van der Waals surface area (Å²) >= 11 is 5.62. The molecule has 22 heavy (non-hydrogen) atoms. The Bertz CT molecular complexity index is 721. The second-order valence-corrected chi connectivity index (χ2v) is 6.53. The largest absolute Gasteiger partial charge is 0.387 e. The molecule has 0 aliphatic carbocycles. The average Bonchev–Trinajstić information content (AvgIpc) is 2.73. The van der Waals surface area contributed by atoms with Gasteiger partial charge in [-0.25, -0.2) is 0 Å². The lowest BCUT2D eigenvalue weighted by atomic mass is 10.1. The van der Waals surface area contributed by atoms with Gasteiger partial charge in [-0.1, -0.05) is 12.1 Å². The van der Waals surface area contributed by atoms with E-state index in [9.17, 15) is 5.11 Å². The minimum atomic E-state index is -0.196. The predicted octanol–water partition coefficient (Wildman–Crippen LogP) is 1.02. The number of hydrogen-bond acceptors (Lipinski definition) is 3. The van der Waals surface area contributed by atoms with Crippen LogP contribution in [0.2, 0.25) is 0 Å². The molecule has 2 N–H and O–H groups in total. The number of aliphatic hydroxyl groups is 1. The van der Waals surface area contributed by atoms with Crippen LogP contribution in [0.1, 0.15) is 24.2 Å². The van der Waals surface area contributed by atoms with Crippen LogP contribution in [0.5, 0.6) is 0 Å². The fraction of sp³-hybridized carbons (Fsp3) is 0.500. The molecule has 5 nitrogen and oxygen atoms in total. The number of rotatable bonds is 3. The molecule has 0 bridgehead atoms. The lowest BCUT2D eigenvalue weighted by Crippen LogP contribution is -3.13. The molecule has 1 fully saturated rings. The molecule has 0 amide bonds. The highest BCUT2D eigenvalue weighted by molar-refractivity contribution is 7.71. The Kier molecular flexibility index (Phi) is 4.42. The number of quaternary nitrogens is 1. The Morgan fingerprint density at radius 2 is 2.23 bits per heavy atom. The first-order chi connectivity index (χ1) is 10.5. The molecule has 2 atom stereocenters. The molecule has 1 unspecified atom stereocenters. The Labute approximate surface area is 135 Å². The number of aliphatic hydroxyl groups excluding tert-OH is 1. The molecule has 0 radical (unpaired) electrons. The first-order valence-electron chi connectivity index (χ1n) is 7.80. The zero-order valence-electron chi connectivity index (χ0n) is 13.1. The van der Waals surface area contributed by atoms with Crippen LogP contribution < -0.4 is 4.90 Å². The first-order valence-corrected chi connectivity index (χ1v) is 8.20. The number of likely N-dealkylation sites (tertiary alicyclic amines) is 1. The molecule has 2 heterocycles. The Balaban J connectivity index is 1.89. The fourth-order valence-corrected chi connectivity index (χ4v) is 3.51. The molecule has 118 valence electrons. The quantitative estimate of drug-likeness (QED) is 0.831. The van der Waals surface area contributed by atoms with Gasteiger partial charge in [-0.05, 0) is 56.6 Å². The summed E-state index contributed by atoms with van der Waals surface area (Å²) in [5.41, 5.74) is 2.26. The van der Waals surface area contributed by atoms with E-state index < -0.39 is 0 Å². The van der Waals surface area contributed by atoms with Crippen molar-refractivity contribution in [1.29, 1.82) is 0 Å². The molecule has 1 aliphatic rings. The summed E-state index contributed by atoms with van der Waals surface area (Å²) in [4.78, 5) is 1.34. The van der Waals surface area contributed by atoms with Gasteiger partial charge in [0.1, 0.15) is 18.5 Å². The van der Waals surface area contributed by atoms with Crippen molar-refractivity contribution >= 4 is 12.2 Å². The van der Waals surface area contributed by atoms with Crippen LogP contribution in [0.3, 0.4) is 0 Å². The van der Waals surface area contributed by atoms with Gasteiger partial charge >= 0.3 is 0 Å². The second kappa shape index (κ2) is 6.32. The number of aromatic nitrogens is 3. The number of hydrogen-bond donors (Lipinski definition) is 2. The van der Waals surface area contributed by atoms with E-state index in [4.69, 9.17) is 12.2 Å². The van der Waals surface area contributed by atoms with Gasteiger partial charge in [0.2, 0.25) is 4.77 Å². The third kappa shape index (κ3) is 3.14. The highest BCUT2D eigenvalue weighted by atomic mass is 32.1. The van der Waals surface area contributed by atoms with Gasteiger partial charge in [-0.2, -0.15) is 9.78 Å². The van der Waals surface area contributed by atoms with E-state index in [-0.39, 0.29) is 6.10 Å². The van der Waals surface area contributed by atoms with Gasteiger partial charge in [0.25, 0.3) is 0 Å². The molecular formula is C16H23N4OS+. The van der Waals surface area contributed by atoms with E-state index in [1.165, 1.54) is 10.5 Å². The summed E-state index contributed by atoms with van der Waals surface area (Å²) in [5.74, 6) is 0.896. The SMILES string of the molecule is Cc1cccc(-n2c(C)nn(C[NH+]3CCC[C@H](O)C3)c2=S)c1. The van der Waals surface area contributed by atoms with Gasteiger partial charge in [0, 0.05) is 5.69 Å². The van der Waals surface area contributed by atoms with Crippen molar-refractivity contribution in [2.24, 2.45) is 0 Å². The minimum Gasteiger partial charge on any atom is -0.387 e. The smallest absolute Gasteiger partial charge is 0.207 e. The summed E-state index contributed by atoms with van der Waals surface area (Å²) in [6.07, 6.45) is 1.77. The van der Waals surface area contributed by atoms with Crippen LogP contribution >= 0.6 is 12.2 Å². The van der Waals surface area contributed by atoms with E-state index in [1.807, 2.05) is 22.2 Å². The lowest BCUT2D eigenvalue weighted by Gasteiger charge is -2.26. The zero-order chi connectivity index (χ0) is 15.7. The number of nitrogens with one attached hydrogen (secondary N) is 1. The molecular weight excluding hydrogens is 296 g/mol. The van der Waals surface area contributed by atoms with Crippen LogP contribution in [0.15, 0.2) is 24.3 Å². The monoisotopic (exact) mass is 319 g/mol. The summed E-state index contributed by atoms with van der Waals surface area (Å²) in [7, 11) is 0. The molecule has 0 saturated carbocycles. The summed E-state index contributed by atoms with van der Waals surface area (Å²) in [6, 6.07) is 8.28. The van der Waals surface area contributed by atoms with Crippen molar-refractivity contribution in [2.45, 2.75) is 39.5 Å². The maximum atomic E-state index is 9.81. The molecule has 2 aromatic rings. The van der Waals surface area contributed by atoms with E-state index >= 15 is 0 Å². The van der Waals surface area contributed by atoms with Crippen LogP contribution in [-0.4, -0.2) is 38.6 Å². The normalized spacial score (nSPS) is 22.0. The summed E-state index contributed by atoms with van der Waals surface area (Å²) in [5, 5.41) is 14.4. The Morgan fingerprint density at radius 3 is 2.95 bits per heavy atom. The van der Waals surface area contributed by atoms with Crippen molar-refractivity contribution in [2.75, 3.05) is 13.1 Å². The fourth-order valence-electron chi connectivity index (χ4n) is 3.16. The van der Waals surface area contributed by atoms with Crippen molar-refractivity contribution < 1.29 is 10.0 Å². The van der Waals surface area contributed by atoms with Crippen LogP contribution in [0, 0.1) is 18.6 Å². The third-order valence-electron chi connectivity index (χ3n) is 4.23. The molecule has 1 saturated heterocycles. The summed E-state index contributed by atoms with van der Waals surface area (Å²) in [6.45, 7) is 6.62. The Hall–Kier alpha value is -1.50. The number of piperidine rings is 1. The minimum absolute atomic E-state index is 0.196. The zero-order valence-corrected chi connectivity index (χ0v) is 13.9. The van der Waals surface area contributed by atoms with E-state index in [0.29, 0.717) is 0 Å². The van der Waals surface area contributed by atoms with Crippen LogP contribution in [0.4, 0.5) is 0 Å². The van der Waals surface area contributed by atoms with E-state index in [1.54, 1.807) is 0 Å². The van der Waals surface area contributed by atoms with E-state index in [0.717, 1.165) is 48.9 Å². The number of nitrogens with zero attached hydrogens (tertiary/aromatic N) is 3. The maximum absolute atomic E-state index is 9.81. The standard InChI is InChI=1S/C16H22N4OS/c1-12-5-3-6-14(9-12)20-13(2)17-19(16(20)22)11-18-8-4-7-15(21)10-18/h3,5-6,9,15,21H,4,7-8,10-11H2,1-2H3/p+1/t15-/m0/s1. The second-order valence-electron chi connectivity index (χ2n) is 6.16. The van der Waals surface area contributed by atoms with Crippen LogP contribution in [-0.2, 0) is 6.67 Å². The molecule has 0 spiro atoms. The van der Waals surface area contributed by atoms with Crippen molar-refractivity contribution in [3.05, 3.63) is 40.4 Å². The number of aryl methyl sites for hydroxylation is 2. The van der Waals surface area contributed by atoms with Crippen molar-refractivity contribution in [1.82, 2.24) is 14.3 Å². The summed E-state index contributed by atoms with van der Waals surface area (Å²) < 4.78 is 4.62. The predicted molar refractivity (Wildman–Crippen MR) is 87.8 cm³/mol. The maximum Gasteiger partial charge on any atom is 0.207 e. The van der Waals surface area contributed by atoms with Crippen molar-refractivity contribution in [3.8, 4) is 5.69 Å². The van der Waals surface area contributed by atoms with Crippen LogP contribution in [0.25, 0.3) is 5.69 Å². The average molecular weight is 319 g/mol. The molecule has 1 aromatic heterocycles. The van der Waals surface area contributed by atoms with E-state index in [2.05, 4.69) is 30.2 Å². The van der Waals surface area contributed by atoms with Gasteiger partial charge < -0.3 is 10.0 Å². The van der Waals surface area contributed by atoms with Gasteiger partial charge in [0.05, 0.1) is 6.54 Å². The first kappa shape index (κ1) is 15.4.